The van der Waals surface area contributed by atoms with Crippen molar-refractivity contribution in [3.63, 3.8) is 0 Å². The van der Waals surface area contributed by atoms with Gasteiger partial charge in [-0.3, -0.25) is 4.57 Å². The summed E-state index contributed by atoms with van der Waals surface area (Å²) >= 11 is 7.24. The van der Waals surface area contributed by atoms with E-state index in [0.29, 0.717) is 12.5 Å². The van der Waals surface area contributed by atoms with E-state index in [1.165, 1.54) is 16.6 Å². The number of hydrogen-bond acceptors (Lipinski definition) is 3. The van der Waals surface area contributed by atoms with Crippen LogP contribution in [-0.4, -0.2) is 34.4 Å². The molecule has 6 heteroatoms. The smallest absolute Gasteiger partial charge is 0.147 e. The zero-order chi connectivity index (χ0) is 19.8. The van der Waals surface area contributed by atoms with E-state index in [1.807, 2.05) is 0 Å². The fourth-order valence-electron chi connectivity index (χ4n) is 4.27. The Kier molecular flexibility index (Phi) is 5.81. The number of anilines is 1. The van der Waals surface area contributed by atoms with Crippen LogP contribution >= 0.6 is 31.9 Å². The molecular weight excluding hydrogens is 482 g/mol. The molecule has 1 fully saturated rings. The molecule has 0 aliphatic carbocycles. The topological polar surface area (TPSA) is 41.3 Å². The van der Waals surface area contributed by atoms with Gasteiger partial charge in [0, 0.05) is 51.6 Å². The number of rotatable bonds is 4. The minimum absolute atomic E-state index is 0.299. The van der Waals surface area contributed by atoms with Gasteiger partial charge < -0.3 is 10.0 Å². The molecule has 1 aliphatic heterocycles. The Bertz CT molecular complexity index is 1010. The number of halogens is 2. The summed E-state index contributed by atoms with van der Waals surface area (Å²) in [4.78, 5) is 7.41. The predicted molar refractivity (Wildman–Crippen MR) is 123 cm³/mol. The summed E-state index contributed by atoms with van der Waals surface area (Å²) in [6.07, 6.45) is 5.39. The van der Waals surface area contributed by atoms with Crippen molar-refractivity contribution in [3.8, 4) is 5.69 Å². The van der Waals surface area contributed by atoms with Crippen molar-refractivity contribution < 1.29 is 5.11 Å². The zero-order valence-corrected chi connectivity index (χ0v) is 19.4. The predicted octanol–water partition coefficient (Wildman–Crippen LogP) is 5.77. The van der Waals surface area contributed by atoms with Crippen LogP contribution in [0.4, 0.5) is 5.69 Å². The van der Waals surface area contributed by atoms with Gasteiger partial charge in [-0.25, -0.2) is 4.98 Å². The molecule has 0 radical (unpaired) electrons. The first-order valence-electron chi connectivity index (χ1n) is 9.78. The van der Waals surface area contributed by atoms with Crippen molar-refractivity contribution in [2.45, 2.75) is 33.1 Å². The molecule has 4 nitrogen and oxygen atoms in total. The Morgan fingerprint density at radius 2 is 1.86 bits per heavy atom. The van der Waals surface area contributed by atoms with Crippen LogP contribution in [0.15, 0.2) is 39.4 Å². The fourth-order valence-corrected chi connectivity index (χ4v) is 5.50. The second-order valence-electron chi connectivity index (χ2n) is 7.70. The maximum atomic E-state index is 9.23. The number of hydrogen-bond donors (Lipinski definition) is 1. The maximum Gasteiger partial charge on any atom is 0.147 e. The Hall–Kier alpha value is -1.37. The summed E-state index contributed by atoms with van der Waals surface area (Å²) in [6, 6.07) is 8.46. The molecule has 148 valence electrons. The Balaban J connectivity index is 1.79. The number of piperidine rings is 1. The van der Waals surface area contributed by atoms with E-state index in [0.717, 1.165) is 58.3 Å². The highest BCUT2D eigenvalue weighted by Crippen LogP contribution is 2.36. The molecule has 0 atom stereocenters. The highest BCUT2D eigenvalue weighted by Gasteiger charge is 2.23. The van der Waals surface area contributed by atoms with E-state index in [-0.39, 0.29) is 0 Å². The number of aromatic nitrogens is 2. The van der Waals surface area contributed by atoms with E-state index in [9.17, 15) is 5.11 Å². The van der Waals surface area contributed by atoms with Crippen LogP contribution in [0, 0.1) is 19.8 Å². The van der Waals surface area contributed by atoms with Crippen LogP contribution in [-0.2, 0) is 0 Å². The summed E-state index contributed by atoms with van der Waals surface area (Å²) < 4.78 is 4.27. The maximum absolute atomic E-state index is 9.23. The van der Waals surface area contributed by atoms with Crippen molar-refractivity contribution >= 4 is 48.6 Å². The molecule has 0 spiro atoms. The molecule has 0 unspecified atom stereocenters. The third-order valence-electron chi connectivity index (χ3n) is 5.71. The summed E-state index contributed by atoms with van der Waals surface area (Å²) in [7, 11) is 0. The van der Waals surface area contributed by atoms with Gasteiger partial charge in [0.15, 0.2) is 0 Å². The second-order valence-corrected chi connectivity index (χ2v) is 9.47. The number of aryl methyl sites for hydroxylation is 2. The molecule has 0 saturated carbocycles. The van der Waals surface area contributed by atoms with Crippen LogP contribution in [0.25, 0.3) is 16.7 Å². The average Bonchev–Trinajstić information content (AvgIpc) is 2.98. The van der Waals surface area contributed by atoms with Crippen LogP contribution in [0.1, 0.15) is 30.5 Å². The standard InChI is InChI=1S/C22H25Br2N3O/c1-14-13-27(19-4-3-17(23)12-18(19)24)22-21(14)20(11-15(2)25-22)26-8-5-16(6-9-26)7-10-28/h3-4,11-13,16,28H,5-10H2,1-2H3. The largest absolute Gasteiger partial charge is 0.396 e. The van der Waals surface area contributed by atoms with Gasteiger partial charge in [-0.05, 0) is 84.8 Å². The summed E-state index contributed by atoms with van der Waals surface area (Å²) in [6.45, 7) is 6.62. The lowest BCUT2D eigenvalue weighted by Crippen LogP contribution is -2.34. The molecule has 28 heavy (non-hydrogen) atoms. The van der Waals surface area contributed by atoms with Crippen molar-refractivity contribution in [2.24, 2.45) is 5.92 Å². The summed E-state index contributed by atoms with van der Waals surface area (Å²) in [5, 5.41) is 10.5. The molecule has 3 aromatic rings. The van der Waals surface area contributed by atoms with Crippen molar-refractivity contribution in [1.82, 2.24) is 9.55 Å². The second kappa shape index (κ2) is 8.17. The van der Waals surface area contributed by atoms with Crippen LogP contribution in [0.3, 0.4) is 0 Å². The minimum Gasteiger partial charge on any atom is -0.396 e. The molecule has 1 saturated heterocycles. The molecule has 1 aromatic carbocycles. The first-order chi connectivity index (χ1) is 13.5. The van der Waals surface area contributed by atoms with Gasteiger partial charge in [-0.15, -0.1) is 0 Å². The van der Waals surface area contributed by atoms with E-state index in [4.69, 9.17) is 4.98 Å². The number of fused-ring (bicyclic) bond motifs is 1. The molecule has 3 heterocycles. The molecular formula is C22H25Br2N3O. The molecule has 1 N–H and O–H groups in total. The average molecular weight is 507 g/mol. The Labute approximate surface area is 182 Å². The molecule has 0 amide bonds. The van der Waals surface area contributed by atoms with Gasteiger partial charge >= 0.3 is 0 Å². The summed E-state index contributed by atoms with van der Waals surface area (Å²) in [5.41, 5.74) is 5.66. The van der Waals surface area contributed by atoms with E-state index in [2.05, 4.69) is 85.6 Å². The Morgan fingerprint density at radius 3 is 2.54 bits per heavy atom. The molecule has 0 bridgehead atoms. The van der Waals surface area contributed by atoms with Crippen LogP contribution in [0.5, 0.6) is 0 Å². The normalized spacial score (nSPS) is 15.5. The Morgan fingerprint density at radius 1 is 1.11 bits per heavy atom. The fraction of sp³-hybridized carbons (Fsp3) is 0.409. The summed E-state index contributed by atoms with van der Waals surface area (Å²) in [5.74, 6) is 0.643. The van der Waals surface area contributed by atoms with Gasteiger partial charge in [-0.2, -0.15) is 0 Å². The number of aliphatic hydroxyl groups excluding tert-OH is 1. The SMILES string of the molecule is Cc1cc(N2CCC(CCO)CC2)c2c(C)cn(-c3ccc(Br)cc3Br)c2n1. The number of aliphatic hydroxyl groups is 1. The van der Waals surface area contributed by atoms with E-state index >= 15 is 0 Å². The minimum atomic E-state index is 0.299. The van der Waals surface area contributed by atoms with Crippen molar-refractivity contribution in [1.29, 1.82) is 0 Å². The monoisotopic (exact) mass is 505 g/mol. The lowest BCUT2D eigenvalue weighted by atomic mass is 9.93. The van der Waals surface area contributed by atoms with Crippen molar-refractivity contribution in [3.05, 3.63) is 50.7 Å². The highest BCUT2D eigenvalue weighted by atomic mass is 79.9. The zero-order valence-electron chi connectivity index (χ0n) is 16.3. The van der Waals surface area contributed by atoms with E-state index in [1.54, 1.807) is 0 Å². The van der Waals surface area contributed by atoms with Gasteiger partial charge in [0.1, 0.15) is 5.65 Å². The van der Waals surface area contributed by atoms with Gasteiger partial charge in [0.05, 0.1) is 5.69 Å². The van der Waals surface area contributed by atoms with Crippen molar-refractivity contribution in [2.75, 3.05) is 24.6 Å². The lowest BCUT2D eigenvalue weighted by Gasteiger charge is -2.34. The number of nitrogens with zero attached hydrogens (tertiary/aromatic N) is 3. The van der Waals surface area contributed by atoms with E-state index < -0.39 is 0 Å². The number of benzene rings is 1. The lowest BCUT2D eigenvalue weighted by molar-refractivity contribution is 0.240. The quantitative estimate of drug-likeness (QED) is 0.488. The van der Waals surface area contributed by atoms with Gasteiger partial charge in [0.25, 0.3) is 0 Å². The first-order valence-corrected chi connectivity index (χ1v) is 11.4. The third-order valence-corrected chi connectivity index (χ3v) is 6.84. The number of pyridine rings is 1. The highest BCUT2D eigenvalue weighted by molar-refractivity contribution is 9.11. The molecule has 1 aliphatic rings. The van der Waals surface area contributed by atoms with Gasteiger partial charge in [-0.1, -0.05) is 15.9 Å². The molecule has 2 aromatic heterocycles. The van der Waals surface area contributed by atoms with Crippen LogP contribution < -0.4 is 4.90 Å². The first kappa shape index (κ1) is 19.9. The molecule has 4 rings (SSSR count). The third kappa shape index (κ3) is 3.74. The van der Waals surface area contributed by atoms with Gasteiger partial charge in [0.2, 0.25) is 0 Å². The van der Waals surface area contributed by atoms with Crippen LogP contribution in [0.2, 0.25) is 0 Å².